The van der Waals surface area contributed by atoms with Crippen LogP contribution in [0.15, 0.2) is 97.1 Å². The molecular formula is C42H50O3. The molecule has 1 aliphatic heterocycles. The zero-order valence-electron chi connectivity index (χ0n) is 27.9. The monoisotopic (exact) mass is 602 g/mol. The van der Waals surface area contributed by atoms with Crippen molar-refractivity contribution in [3.8, 4) is 11.5 Å². The summed E-state index contributed by atoms with van der Waals surface area (Å²) in [6, 6.07) is 35.4. The van der Waals surface area contributed by atoms with Crippen LogP contribution in [0.5, 0.6) is 11.5 Å². The highest BCUT2D eigenvalue weighted by molar-refractivity contribution is 5.52. The summed E-state index contributed by atoms with van der Waals surface area (Å²) in [5.41, 5.74) is 7.17. The Morgan fingerprint density at radius 2 is 0.978 bits per heavy atom. The number of benzene rings is 4. The van der Waals surface area contributed by atoms with Gasteiger partial charge < -0.3 is 14.2 Å². The normalized spacial score (nSPS) is 18.7. The first-order valence-electron chi connectivity index (χ1n) is 17.0. The third kappa shape index (κ3) is 7.82. The molecule has 4 aromatic rings. The first kappa shape index (κ1) is 31.4. The standard InChI is InChI=1S/C37H40O3.C5H10/c1-26-5-9-30(10-6-26)37(4,32-17-21-34(22-18-32)39-24-35-25-40-35)31-13-11-28(12-14-31)36(2,3)29-15-19-33(20-16-29)38-23-27-7-8-27;1-2-5-3-4-5/h5-6,9-22,27,35H,7-8,23-25H2,1-4H3;5H,2-4H2,1H3. The molecule has 3 heteroatoms. The second-order valence-corrected chi connectivity index (χ2v) is 14.1. The van der Waals surface area contributed by atoms with Gasteiger partial charge in [0.1, 0.15) is 24.2 Å². The minimum Gasteiger partial charge on any atom is -0.493 e. The molecule has 45 heavy (non-hydrogen) atoms. The third-order valence-corrected chi connectivity index (χ3v) is 10.1. The van der Waals surface area contributed by atoms with Crippen LogP contribution >= 0.6 is 0 Å². The molecule has 0 amide bonds. The molecule has 2 atom stereocenters. The molecule has 4 aromatic carbocycles. The van der Waals surface area contributed by atoms with E-state index in [4.69, 9.17) is 14.2 Å². The molecule has 7 rings (SSSR count). The van der Waals surface area contributed by atoms with E-state index in [1.165, 1.54) is 65.5 Å². The molecule has 2 aliphatic carbocycles. The van der Waals surface area contributed by atoms with Gasteiger partial charge in [-0.05, 0) is 90.6 Å². The Labute approximate surface area is 271 Å². The van der Waals surface area contributed by atoms with Crippen molar-refractivity contribution in [1.29, 1.82) is 0 Å². The zero-order valence-corrected chi connectivity index (χ0v) is 27.9. The molecule has 3 aliphatic rings. The summed E-state index contributed by atoms with van der Waals surface area (Å²) in [7, 11) is 0. The van der Waals surface area contributed by atoms with Crippen LogP contribution in [-0.4, -0.2) is 25.9 Å². The summed E-state index contributed by atoms with van der Waals surface area (Å²) in [5, 5.41) is 0. The number of hydrogen-bond donors (Lipinski definition) is 0. The highest BCUT2D eigenvalue weighted by Crippen LogP contribution is 2.41. The molecule has 3 nitrogen and oxygen atoms in total. The summed E-state index contributed by atoms with van der Waals surface area (Å²) in [4.78, 5) is 0. The van der Waals surface area contributed by atoms with Gasteiger partial charge in [-0.15, -0.1) is 0 Å². The van der Waals surface area contributed by atoms with Crippen LogP contribution in [0, 0.1) is 18.8 Å². The Morgan fingerprint density at radius 1 is 0.578 bits per heavy atom. The first-order chi connectivity index (χ1) is 21.8. The van der Waals surface area contributed by atoms with Gasteiger partial charge in [-0.2, -0.15) is 0 Å². The van der Waals surface area contributed by atoms with E-state index in [9.17, 15) is 0 Å². The number of aryl methyl sites for hydroxylation is 1. The van der Waals surface area contributed by atoms with Crippen molar-refractivity contribution < 1.29 is 14.2 Å². The van der Waals surface area contributed by atoms with Crippen LogP contribution in [0.2, 0.25) is 0 Å². The molecule has 0 bridgehead atoms. The molecule has 0 radical (unpaired) electrons. The van der Waals surface area contributed by atoms with Crippen LogP contribution in [-0.2, 0) is 15.6 Å². The summed E-state index contributed by atoms with van der Waals surface area (Å²) >= 11 is 0. The maximum atomic E-state index is 5.97. The van der Waals surface area contributed by atoms with E-state index in [1.807, 2.05) is 0 Å². The van der Waals surface area contributed by atoms with Crippen LogP contribution < -0.4 is 9.47 Å². The second kappa shape index (κ2) is 13.4. The highest BCUT2D eigenvalue weighted by atomic mass is 16.6. The van der Waals surface area contributed by atoms with E-state index in [1.54, 1.807) is 0 Å². The van der Waals surface area contributed by atoms with Crippen LogP contribution in [0.4, 0.5) is 0 Å². The number of hydrogen-bond acceptors (Lipinski definition) is 3. The minimum absolute atomic E-state index is 0.127. The zero-order chi connectivity index (χ0) is 31.4. The average Bonchev–Trinajstić information content (AvgIpc) is 3.92. The van der Waals surface area contributed by atoms with E-state index < -0.39 is 0 Å². The van der Waals surface area contributed by atoms with Crippen molar-refractivity contribution in [2.75, 3.05) is 19.8 Å². The van der Waals surface area contributed by atoms with Crippen molar-refractivity contribution in [2.45, 2.75) is 83.7 Å². The highest BCUT2D eigenvalue weighted by Gasteiger charge is 2.32. The molecule has 236 valence electrons. The second-order valence-electron chi connectivity index (χ2n) is 14.1. The van der Waals surface area contributed by atoms with Gasteiger partial charge in [0.25, 0.3) is 0 Å². The fraction of sp³-hybridized carbons (Fsp3) is 0.429. The molecule has 1 heterocycles. The van der Waals surface area contributed by atoms with Crippen molar-refractivity contribution in [3.05, 3.63) is 130 Å². The van der Waals surface area contributed by atoms with Crippen LogP contribution in [0.3, 0.4) is 0 Å². The number of ether oxygens (including phenoxy) is 3. The van der Waals surface area contributed by atoms with Gasteiger partial charge in [0.15, 0.2) is 0 Å². The molecule has 0 aromatic heterocycles. The van der Waals surface area contributed by atoms with E-state index >= 15 is 0 Å². The van der Waals surface area contributed by atoms with Crippen molar-refractivity contribution in [3.63, 3.8) is 0 Å². The lowest BCUT2D eigenvalue weighted by Crippen LogP contribution is -2.26. The van der Waals surface area contributed by atoms with Gasteiger partial charge in [0, 0.05) is 10.8 Å². The lowest BCUT2D eigenvalue weighted by atomic mass is 9.70. The van der Waals surface area contributed by atoms with Crippen molar-refractivity contribution in [2.24, 2.45) is 11.8 Å². The van der Waals surface area contributed by atoms with E-state index in [0.717, 1.165) is 36.5 Å². The maximum Gasteiger partial charge on any atom is 0.119 e. The van der Waals surface area contributed by atoms with Crippen LogP contribution in [0.1, 0.15) is 93.2 Å². The molecule has 0 spiro atoms. The van der Waals surface area contributed by atoms with Crippen LogP contribution in [0.25, 0.3) is 0 Å². The lowest BCUT2D eigenvalue weighted by molar-refractivity contribution is 0.263. The van der Waals surface area contributed by atoms with Gasteiger partial charge in [-0.3, -0.25) is 0 Å². The van der Waals surface area contributed by atoms with Gasteiger partial charge in [0.05, 0.1) is 13.2 Å². The fourth-order valence-corrected chi connectivity index (χ4v) is 6.00. The third-order valence-electron chi connectivity index (χ3n) is 10.1. The topological polar surface area (TPSA) is 31.0 Å². The Bertz CT molecular complexity index is 1510. The van der Waals surface area contributed by atoms with E-state index in [2.05, 4.69) is 132 Å². The average molecular weight is 603 g/mol. The quantitative estimate of drug-likeness (QED) is 0.119. The van der Waals surface area contributed by atoms with Gasteiger partial charge in [-0.1, -0.05) is 118 Å². The number of epoxide rings is 1. The number of rotatable bonds is 12. The maximum absolute atomic E-state index is 5.97. The summed E-state index contributed by atoms with van der Waals surface area (Å²) < 4.78 is 17.2. The Hall–Kier alpha value is -3.56. The molecule has 0 N–H and O–H groups in total. The molecule has 2 unspecified atom stereocenters. The molecule has 1 saturated heterocycles. The smallest absolute Gasteiger partial charge is 0.119 e. The van der Waals surface area contributed by atoms with Gasteiger partial charge in [-0.25, -0.2) is 0 Å². The Balaban J connectivity index is 0.000000652. The fourth-order valence-electron chi connectivity index (χ4n) is 6.00. The minimum atomic E-state index is -0.310. The van der Waals surface area contributed by atoms with Crippen molar-refractivity contribution in [1.82, 2.24) is 0 Å². The summed E-state index contributed by atoms with van der Waals surface area (Å²) in [6.07, 6.45) is 7.30. The predicted octanol–water partition coefficient (Wildman–Crippen LogP) is 10.0. The summed E-state index contributed by atoms with van der Waals surface area (Å²) in [5.74, 6) is 3.74. The molecular weight excluding hydrogens is 552 g/mol. The predicted molar refractivity (Wildman–Crippen MR) is 185 cm³/mol. The van der Waals surface area contributed by atoms with Gasteiger partial charge in [0.2, 0.25) is 0 Å². The van der Waals surface area contributed by atoms with Crippen molar-refractivity contribution >= 4 is 0 Å². The largest absolute Gasteiger partial charge is 0.493 e. The molecule has 2 saturated carbocycles. The molecule has 3 fully saturated rings. The lowest BCUT2D eigenvalue weighted by Gasteiger charge is -2.33. The Morgan fingerprint density at radius 3 is 1.40 bits per heavy atom. The van der Waals surface area contributed by atoms with Gasteiger partial charge >= 0.3 is 0 Å². The first-order valence-corrected chi connectivity index (χ1v) is 17.0. The SMILES string of the molecule is CCC1CC1.Cc1ccc(C(C)(c2ccc(OCC3CO3)cc2)c2ccc(C(C)(C)c3ccc(OCC4CC4)cc3)cc2)cc1. The van der Waals surface area contributed by atoms with E-state index in [0.29, 0.717) is 6.61 Å². The van der Waals surface area contributed by atoms with E-state index in [-0.39, 0.29) is 16.9 Å². The summed E-state index contributed by atoms with van der Waals surface area (Å²) in [6.45, 7) is 13.6. The Kier molecular flexibility index (Phi) is 9.38.